The summed E-state index contributed by atoms with van der Waals surface area (Å²) in [5, 5.41) is 1.18. The van der Waals surface area contributed by atoms with Crippen LogP contribution >= 0.6 is 0 Å². The van der Waals surface area contributed by atoms with Gasteiger partial charge in [-0.1, -0.05) is 48.5 Å². The largest absolute Gasteiger partial charge is 0.306 e. The Hall–Kier alpha value is -3.38. The average molecular weight is 404 g/mol. The topological polar surface area (TPSA) is 63.5 Å². The number of imidazole rings is 1. The Morgan fingerprint density at radius 1 is 0.966 bits per heavy atom. The van der Waals surface area contributed by atoms with Gasteiger partial charge in [-0.3, -0.25) is 4.72 Å². The van der Waals surface area contributed by atoms with Gasteiger partial charge in [0.15, 0.2) is 0 Å². The summed E-state index contributed by atoms with van der Waals surface area (Å²) in [4.78, 5) is 4.70. The number of pyridine rings is 1. The second-order valence-electron chi connectivity index (χ2n) is 6.94. The molecule has 0 spiro atoms. The van der Waals surface area contributed by atoms with Crippen LogP contribution in [0.4, 0.5) is 5.69 Å². The lowest BCUT2D eigenvalue weighted by Crippen LogP contribution is -2.10. The molecule has 2 aromatic carbocycles. The minimum atomic E-state index is -3.64. The van der Waals surface area contributed by atoms with Crippen molar-refractivity contribution in [1.29, 1.82) is 0 Å². The van der Waals surface area contributed by atoms with Crippen molar-refractivity contribution in [3.05, 3.63) is 95.2 Å². The summed E-state index contributed by atoms with van der Waals surface area (Å²) in [5.74, 6) is 0. The third-order valence-corrected chi connectivity index (χ3v) is 5.70. The highest BCUT2D eigenvalue weighted by Gasteiger charge is 2.12. The van der Waals surface area contributed by atoms with Crippen LogP contribution in [0.1, 0.15) is 16.7 Å². The number of fused-ring (bicyclic) bond motifs is 1. The lowest BCUT2D eigenvalue weighted by molar-refractivity contribution is 0.609. The van der Waals surface area contributed by atoms with E-state index in [1.54, 1.807) is 6.08 Å². The fraction of sp³-hybridized carbons (Fsp3) is 0.0870. The molecule has 4 rings (SSSR count). The maximum absolute atomic E-state index is 12.5. The van der Waals surface area contributed by atoms with Crippen LogP contribution in [0.15, 0.2) is 78.5 Å². The van der Waals surface area contributed by atoms with Crippen LogP contribution in [0.3, 0.4) is 0 Å². The Morgan fingerprint density at radius 2 is 1.76 bits per heavy atom. The molecule has 2 aromatic heterocycles. The first kappa shape index (κ1) is 19.0. The molecule has 0 radical (unpaired) electrons. The van der Waals surface area contributed by atoms with Gasteiger partial charge in [0, 0.05) is 18.0 Å². The van der Waals surface area contributed by atoms with Crippen molar-refractivity contribution in [3.8, 4) is 11.3 Å². The molecule has 0 bridgehead atoms. The van der Waals surface area contributed by atoms with Crippen molar-refractivity contribution in [3.63, 3.8) is 0 Å². The average Bonchev–Trinajstić information content (AvgIpc) is 3.15. The van der Waals surface area contributed by atoms with Crippen molar-refractivity contribution in [2.75, 3.05) is 4.72 Å². The second-order valence-corrected chi connectivity index (χ2v) is 8.50. The molecule has 0 aliphatic rings. The predicted octanol–water partition coefficient (Wildman–Crippen LogP) is 5.03. The number of anilines is 1. The number of hydrogen-bond acceptors (Lipinski definition) is 3. The summed E-state index contributed by atoms with van der Waals surface area (Å²) in [7, 11) is -3.64. The number of aryl methyl sites for hydroxylation is 2. The first-order chi connectivity index (χ1) is 13.9. The number of nitrogens with zero attached hydrogens (tertiary/aromatic N) is 2. The van der Waals surface area contributed by atoms with Gasteiger partial charge < -0.3 is 4.40 Å². The Balaban J connectivity index is 1.64. The molecule has 2 heterocycles. The summed E-state index contributed by atoms with van der Waals surface area (Å²) >= 11 is 0. The van der Waals surface area contributed by atoms with E-state index in [2.05, 4.69) is 4.72 Å². The van der Waals surface area contributed by atoms with E-state index in [4.69, 9.17) is 4.98 Å². The molecule has 146 valence electrons. The molecular formula is C23H21N3O2S. The Morgan fingerprint density at radius 3 is 2.52 bits per heavy atom. The van der Waals surface area contributed by atoms with E-state index in [1.165, 1.54) is 5.41 Å². The lowest BCUT2D eigenvalue weighted by Gasteiger charge is -2.09. The smallest absolute Gasteiger partial charge is 0.255 e. The minimum absolute atomic E-state index is 0.536. The van der Waals surface area contributed by atoms with E-state index in [0.717, 1.165) is 33.6 Å². The van der Waals surface area contributed by atoms with E-state index >= 15 is 0 Å². The van der Waals surface area contributed by atoms with Crippen LogP contribution in [-0.2, 0) is 10.0 Å². The summed E-state index contributed by atoms with van der Waals surface area (Å²) in [6, 6.07) is 19.0. The standard InChI is InChI=1S/C23H21N3O2S/c1-17-10-11-20(22-16-26-13-6-7-18(2)23(26)24-22)15-21(17)25-29(27,28)14-12-19-8-4-3-5-9-19/h3-16,25H,1-2H3/b14-12+. The Labute approximate surface area is 170 Å². The first-order valence-corrected chi connectivity index (χ1v) is 10.8. The van der Waals surface area contributed by atoms with Crippen molar-refractivity contribution in [2.24, 2.45) is 0 Å². The molecule has 6 heteroatoms. The fourth-order valence-electron chi connectivity index (χ4n) is 3.10. The van der Waals surface area contributed by atoms with Gasteiger partial charge in [0.05, 0.1) is 16.8 Å². The SMILES string of the molecule is Cc1ccc(-c2cn3cccc(C)c3n2)cc1NS(=O)(=O)/C=C/c1ccccc1. The van der Waals surface area contributed by atoms with Gasteiger partial charge in [0.25, 0.3) is 10.0 Å². The number of aromatic nitrogens is 2. The number of nitrogens with one attached hydrogen (secondary N) is 1. The monoisotopic (exact) mass is 403 g/mol. The van der Waals surface area contributed by atoms with Crippen LogP contribution in [-0.4, -0.2) is 17.8 Å². The zero-order chi connectivity index (χ0) is 20.4. The third-order valence-electron chi connectivity index (χ3n) is 4.70. The van der Waals surface area contributed by atoms with E-state index in [0.29, 0.717) is 5.69 Å². The van der Waals surface area contributed by atoms with E-state index in [-0.39, 0.29) is 0 Å². The Bertz CT molecular complexity index is 1310. The maximum Gasteiger partial charge on any atom is 0.255 e. The van der Waals surface area contributed by atoms with Crippen LogP contribution < -0.4 is 4.72 Å². The van der Waals surface area contributed by atoms with Gasteiger partial charge in [-0.2, -0.15) is 0 Å². The quantitative estimate of drug-likeness (QED) is 0.508. The van der Waals surface area contributed by atoms with Crippen molar-refractivity contribution in [2.45, 2.75) is 13.8 Å². The summed E-state index contributed by atoms with van der Waals surface area (Å²) in [6.45, 7) is 3.89. The van der Waals surface area contributed by atoms with Gasteiger partial charge >= 0.3 is 0 Å². The molecule has 0 unspecified atom stereocenters. The Kier molecular flexibility index (Phi) is 4.94. The van der Waals surface area contributed by atoms with Crippen LogP contribution in [0, 0.1) is 13.8 Å². The van der Waals surface area contributed by atoms with Gasteiger partial charge in [-0.05, 0) is 48.7 Å². The summed E-state index contributed by atoms with van der Waals surface area (Å²) < 4.78 is 29.7. The molecule has 0 atom stereocenters. The van der Waals surface area contributed by atoms with E-state index < -0.39 is 10.0 Å². The maximum atomic E-state index is 12.5. The summed E-state index contributed by atoms with van der Waals surface area (Å²) in [6.07, 6.45) is 5.47. The number of benzene rings is 2. The molecule has 5 nitrogen and oxygen atoms in total. The highest BCUT2D eigenvalue weighted by atomic mass is 32.2. The molecule has 0 aliphatic carbocycles. The zero-order valence-electron chi connectivity index (χ0n) is 16.2. The van der Waals surface area contributed by atoms with Crippen molar-refractivity contribution >= 4 is 27.4 Å². The lowest BCUT2D eigenvalue weighted by atomic mass is 10.1. The van der Waals surface area contributed by atoms with E-state index in [9.17, 15) is 8.42 Å². The zero-order valence-corrected chi connectivity index (χ0v) is 17.0. The number of sulfonamides is 1. The first-order valence-electron chi connectivity index (χ1n) is 9.23. The van der Waals surface area contributed by atoms with Crippen LogP contribution in [0.25, 0.3) is 23.0 Å². The predicted molar refractivity (Wildman–Crippen MR) is 118 cm³/mol. The van der Waals surface area contributed by atoms with E-state index in [1.807, 2.05) is 91.3 Å². The molecular weight excluding hydrogens is 382 g/mol. The molecule has 0 amide bonds. The number of rotatable bonds is 5. The highest BCUT2D eigenvalue weighted by Crippen LogP contribution is 2.26. The normalized spacial score (nSPS) is 11.9. The molecule has 0 saturated carbocycles. The molecule has 1 N–H and O–H groups in total. The van der Waals surface area contributed by atoms with Gasteiger partial charge in [-0.25, -0.2) is 13.4 Å². The molecule has 0 saturated heterocycles. The summed E-state index contributed by atoms with van der Waals surface area (Å²) in [5.41, 5.74) is 5.81. The van der Waals surface area contributed by atoms with Crippen LogP contribution in [0.2, 0.25) is 0 Å². The minimum Gasteiger partial charge on any atom is -0.306 e. The highest BCUT2D eigenvalue weighted by molar-refractivity contribution is 7.95. The molecule has 0 fully saturated rings. The fourth-order valence-corrected chi connectivity index (χ4v) is 4.03. The van der Waals surface area contributed by atoms with Crippen molar-refractivity contribution < 1.29 is 8.42 Å². The van der Waals surface area contributed by atoms with Gasteiger partial charge in [0.2, 0.25) is 0 Å². The number of hydrogen-bond donors (Lipinski definition) is 1. The molecule has 0 aliphatic heterocycles. The third kappa shape index (κ3) is 4.22. The molecule has 4 aromatic rings. The van der Waals surface area contributed by atoms with Gasteiger partial charge in [0.1, 0.15) is 5.65 Å². The second kappa shape index (κ2) is 7.56. The molecule has 29 heavy (non-hydrogen) atoms. The van der Waals surface area contributed by atoms with Crippen LogP contribution in [0.5, 0.6) is 0 Å². The van der Waals surface area contributed by atoms with Gasteiger partial charge in [-0.15, -0.1) is 0 Å². The van der Waals surface area contributed by atoms with Crippen molar-refractivity contribution in [1.82, 2.24) is 9.38 Å².